The first-order chi connectivity index (χ1) is 11.7. The number of hydrogen-bond acceptors (Lipinski definition) is 3. The monoisotopic (exact) mass is 320 g/mol. The third-order valence-corrected chi connectivity index (χ3v) is 4.68. The van der Waals surface area contributed by atoms with Gasteiger partial charge in [0.05, 0.1) is 6.04 Å². The zero-order valence-electron chi connectivity index (χ0n) is 13.7. The van der Waals surface area contributed by atoms with Crippen LogP contribution in [0.1, 0.15) is 41.9 Å². The van der Waals surface area contributed by atoms with Crippen molar-refractivity contribution in [3.8, 4) is 0 Å². The van der Waals surface area contributed by atoms with Crippen LogP contribution in [0, 0.1) is 5.92 Å². The molecule has 2 heterocycles. The smallest absolute Gasteiger partial charge is 0.276 e. The quantitative estimate of drug-likeness (QED) is 0.724. The molecule has 1 amide bonds. The van der Waals surface area contributed by atoms with Crippen molar-refractivity contribution in [1.82, 2.24) is 19.3 Å². The summed E-state index contributed by atoms with van der Waals surface area (Å²) >= 11 is 0. The van der Waals surface area contributed by atoms with Gasteiger partial charge in [0.25, 0.3) is 5.91 Å². The molecule has 1 unspecified atom stereocenters. The van der Waals surface area contributed by atoms with Crippen LogP contribution in [0.3, 0.4) is 0 Å². The second-order valence-electron chi connectivity index (χ2n) is 6.42. The summed E-state index contributed by atoms with van der Waals surface area (Å²) in [7, 11) is 0. The van der Waals surface area contributed by atoms with Crippen molar-refractivity contribution in [3.05, 3.63) is 66.4 Å². The van der Waals surface area contributed by atoms with Gasteiger partial charge in [-0.25, -0.2) is 9.97 Å². The van der Waals surface area contributed by atoms with Gasteiger partial charge in [0.1, 0.15) is 0 Å². The third-order valence-electron chi connectivity index (χ3n) is 4.68. The van der Waals surface area contributed by atoms with E-state index in [1.165, 1.54) is 12.8 Å². The zero-order chi connectivity index (χ0) is 16.5. The summed E-state index contributed by atoms with van der Waals surface area (Å²) in [6, 6.07) is 10.2. The van der Waals surface area contributed by atoms with Gasteiger partial charge < -0.3 is 9.30 Å². The minimum Gasteiger partial charge on any atom is -0.330 e. The second-order valence-corrected chi connectivity index (χ2v) is 6.42. The third kappa shape index (κ3) is 2.77. The largest absolute Gasteiger partial charge is 0.330 e. The van der Waals surface area contributed by atoms with Crippen molar-refractivity contribution in [2.24, 2.45) is 5.92 Å². The van der Waals surface area contributed by atoms with E-state index in [4.69, 9.17) is 0 Å². The van der Waals surface area contributed by atoms with Crippen molar-refractivity contribution in [3.63, 3.8) is 0 Å². The molecular weight excluding hydrogens is 300 g/mol. The number of nitrogens with zero attached hydrogens (tertiary/aromatic N) is 4. The fourth-order valence-corrected chi connectivity index (χ4v) is 3.05. The van der Waals surface area contributed by atoms with Gasteiger partial charge in [0.15, 0.2) is 11.3 Å². The Bertz CT molecular complexity index is 854. The topological polar surface area (TPSA) is 50.5 Å². The number of hydrogen-bond donors (Lipinski definition) is 0. The average molecular weight is 320 g/mol. The summed E-state index contributed by atoms with van der Waals surface area (Å²) in [5, 5.41) is 0. The van der Waals surface area contributed by atoms with Gasteiger partial charge in [-0.1, -0.05) is 30.3 Å². The first-order valence-electron chi connectivity index (χ1n) is 8.37. The molecule has 122 valence electrons. The van der Waals surface area contributed by atoms with E-state index in [1.54, 1.807) is 12.4 Å². The highest BCUT2D eigenvalue weighted by atomic mass is 16.2. The lowest BCUT2D eigenvalue weighted by molar-refractivity contribution is 0.0676. The molecule has 24 heavy (non-hydrogen) atoms. The van der Waals surface area contributed by atoms with Crippen LogP contribution in [0.4, 0.5) is 0 Å². The molecule has 1 aliphatic rings. The first-order valence-corrected chi connectivity index (χ1v) is 8.37. The molecule has 0 radical (unpaired) electrons. The van der Waals surface area contributed by atoms with Crippen LogP contribution >= 0.6 is 0 Å². The number of benzene rings is 1. The number of aromatic nitrogens is 3. The second kappa shape index (κ2) is 6.07. The van der Waals surface area contributed by atoms with Gasteiger partial charge >= 0.3 is 0 Å². The molecule has 0 bridgehead atoms. The highest BCUT2D eigenvalue weighted by Crippen LogP contribution is 2.33. The van der Waals surface area contributed by atoms with Crippen LogP contribution in [0.15, 0.2) is 55.1 Å². The maximum absolute atomic E-state index is 13.2. The van der Waals surface area contributed by atoms with E-state index in [9.17, 15) is 4.79 Å². The Morgan fingerprint density at radius 1 is 1.21 bits per heavy atom. The van der Waals surface area contributed by atoms with Crippen molar-refractivity contribution < 1.29 is 4.79 Å². The van der Waals surface area contributed by atoms with Crippen LogP contribution in [-0.4, -0.2) is 31.7 Å². The van der Waals surface area contributed by atoms with E-state index in [2.05, 4.69) is 29.0 Å². The maximum Gasteiger partial charge on any atom is 0.276 e. The number of rotatable bonds is 5. The molecule has 1 saturated carbocycles. The van der Waals surface area contributed by atoms with E-state index in [-0.39, 0.29) is 11.9 Å². The van der Waals surface area contributed by atoms with Gasteiger partial charge in [-0.2, -0.15) is 0 Å². The fraction of sp³-hybridized carbons (Fsp3) is 0.316. The highest BCUT2D eigenvalue weighted by molar-refractivity contribution is 5.98. The van der Waals surface area contributed by atoms with E-state index >= 15 is 0 Å². The number of amides is 1. The SMILES string of the molecule is CC(c1ccccc1)N(CC1CC1)C(=O)c1nccn2ccnc12. The van der Waals surface area contributed by atoms with E-state index in [0.29, 0.717) is 17.3 Å². The van der Waals surface area contributed by atoms with Crippen molar-refractivity contribution in [2.75, 3.05) is 6.54 Å². The Balaban J connectivity index is 1.70. The fourth-order valence-electron chi connectivity index (χ4n) is 3.05. The lowest BCUT2D eigenvalue weighted by Crippen LogP contribution is -2.36. The molecule has 1 aliphatic carbocycles. The van der Waals surface area contributed by atoms with Crippen molar-refractivity contribution >= 4 is 11.6 Å². The Kier molecular flexibility index (Phi) is 3.76. The van der Waals surface area contributed by atoms with Crippen LogP contribution in [0.25, 0.3) is 5.65 Å². The normalized spacial score (nSPS) is 15.4. The summed E-state index contributed by atoms with van der Waals surface area (Å²) in [6.07, 6.45) is 9.40. The molecule has 5 heteroatoms. The Morgan fingerprint density at radius 3 is 2.62 bits per heavy atom. The molecule has 4 rings (SSSR count). The minimum atomic E-state index is -0.0462. The molecule has 0 aliphatic heterocycles. The minimum absolute atomic E-state index is 0.0105. The lowest BCUT2D eigenvalue weighted by Gasteiger charge is -2.29. The molecular formula is C19H20N4O. The molecule has 1 fully saturated rings. The molecule has 0 saturated heterocycles. The molecule has 1 aromatic carbocycles. The van der Waals surface area contributed by atoms with Gasteiger partial charge in [-0.05, 0) is 31.2 Å². The van der Waals surface area contributed by atoms with Gasteiger partial charge in [0.2, 0.25) is 0 Å². The van der Waals surface area contributed by atoms with Gasteiger partial charge in [0, 0.05) is 31.3 Å². The molecule has 3 aromatic rings. The standard InChI is InChI=1S/C19H20N4O/c1-14(16-5-3-2-4-6-16)23(13-15-7-8-15)19(24)17-18-21-10-12-22(18)11-9-20-17/h2-6,9-12,14-15H,7-8,13H2,1H3. The molecule has 1 atom stereocenters. The summed E-state index contributed by atoms with van der Waals surface area (Å²) < 4.78 is 1.84. The number of carbonyl (C=O) groups excluding carboxylic acids is 1. The van der Waals surface area contributed by atoms with Crippen LogP contribution in [0.2, 0.25) is 0 Å². The first kappa shape index (κ1) is 14.9. The van der Waals surface area contributed by atoms with Crippen molar-refractivity contribution in [1.29, 1.82) is 0 Å². The summed E-state index contributed by atoms with van der Waals surface area (Å²) in [5.41, 5.74) is 2.18. The summed E-state index contributed by atoms with van der Waals surface area (Å²) in [4.78, 5) is 23.8. The van der Waals surface area contributed by atoms with Gasteiger partial charge in [-0.15, -0.1) is 0 Å². The maximum atomic E-state index is 13.2. The Hall–Kier alpha value is -2.69. The average Bonchev–Trinajstić information content (AvgIpc) is 3.32. The summed E-state index contributed by atoms with van der Waals surface area (Å²) in [5.74, 6) is 0.564. The highest BCUT2D eigenvalue weighted by Gasteiger charge is 2.32. The molecule has 5 nitrogen and oxygen atoms in total. The van der Waals surface area contributed by atoms with Crippen molar-refractivity contribution in [2.45, 2.75) is 25.8 Å². The van der Waals surface area contributed by atoms with E-state index in [0.717, 1.165) is 12.1 Å². The predicted molar refractivity (Wildman–Crippen MR) is 91.6 cm³/mol. The molecule has 0 spiro atoms. The number of fused-ring (bicyclic) bond motifs is 1. The summed E-state index contributed by atoms with van der Waals surface area (Å²) in [6.45, 7) is 2.86. The van der Waals surface area contributed by atoms with E-state index in [1.807, 2.05) is 39.9 Å². The van der Waals surface area contributed by atoms with Crippen LogP contribution in [0.5, 0.6) is 0 Å². The number of carbonyl (C=O) groups is 1. The Labute approximate surface area is 141 Å². The number of imidazole rings is 1. The van der Waals surface area contributed by atoms with Gasteiger partial charge in [-0.3, -0.25) is 4.79 Å². The van der Waals surface area contributed by atoms with Crippen LogP contribution < -0.4 is 0 Å². The molecule has 2 aromatic heterocycles. The lowest BCUT2D eigenvalue weighted by atomic mass is 10.1. The van der Waals surface area contributed by atoms with Crippen LogP contribution in [-0.2, 0) is 0 Å². The van der Waals surface area contributed by atoms with E-state index < -0.39 is 0 Å². The zero-order valence-corrected chi connectivity index (χ0v) is 13.7. The predicted octanol–water partition coefficient (Wildman–Crippen LogP) is 3.34. The molecule has 0 N–H and O–H groups in total. The Morgan fingerprint density at radius 2 is 1.92 bits per heavy atom.